The highest BCUT2D eigenvalue weighted by Crippen LogP contribution is 2.27. The molecule has 0 fully saturated rings. The highest BCUT2D eigenvalue weighted by Gasteiger charge is 2.17. The molecule has 3 nitrogen and oxygen atoms in total. The molecule has 1 unspecified atom stereocenters. The Hall–Kier alpha value is -0.860. The number of unbranched alkanes of at least 4 members (excludes halogenated alkanes) is 6. The van der Waals surface area contributed by atoms with Crippen LogP contribution in [0, 0.1) is 0 Å². The van der Waals surface area contributed by atoms with Crippen molar-refractivity contribution in [1.82, 2.24) is 14.8 Å². The molecule has 1 heterocycles. The molecule has 0 bridgehead atoms. The van der Waals surface area contributed by atoms with E-state index < -0.39 is 0 Å². The maximum absolute atomic E-state index is 4.60. The lowest BCUT2D eigenvalue weighted by atomic mass is 9.94. The molecule has 0 saturated carbocycles. The molecule has 0 saturated heterocycles. The molecule has 1 aromatic rings. The molecule has 0 spiro atoms. The molecule has 21 heavy (non-hydrogen) atoms. The Morgan fingerprint density at radius 3 is 2.14 bits per heavy atom. The molecule has 0 aromatic carbocycles. The summed E-state index contributed by atoms with van der Waals surface area (Å²) in [6, 6.07) is 0. The zero-order chi connectivity index (χ0) is 15.3. The van der Waals surface area contributed by atoms with Crippen molar-refractivity contribution in [2.24, 2.45) is 0 Å². The van der Waals surface area contributed by atoms with Crippen LogP contribution in [-0.4, -0.2) is 14.8 Å². The maximum atomic E-state index is 4.60. The van der Waals surface area contributed by atoms with Crippen molar-refractivity contribution < 1.29 is 0 Å². The van der Waals surface area contributed by atoms with Crippen LogP contribution in [-0.2, 0) is 6.54 Å². The molecule has 3 heteroatoms. The minimum absolute atomic E-state index is 0.618. The molecule has 1 atom stereocenters. The van der Waals surface area contributed by atoms with Gasteiger partial charge in [-0.3, -0.25) is 0 Å². The van der Waals surface area contributed by atoms with Gasteiger partial charge in [-0.05, 0) is 19.3 Å². The standard InChI is InChI=1S/C18H35N3/c1-4-7-10-12-14-17(13-11-8-5-2)18-19-16-20-21(18)15-9-6-3/h16-17H,4-15H2,1-3H3. The topological polar surface area (TPSA) is 30.7 Å². The summed E-state index contributed by atoms with van der Waals surface area (Å²) in [5, 5.41) is 4.45. The van der Waals surface area contributed by atoms with Gasteiger partial charge in [0, 0.05) is 12.5 Å². The second kappa shape index (κ2) is 11.8. The Kier molecular flexibility index (Phi) is 10.2. The van der Waals surface area contributed by atoms with Crippen molar-refractivity contribution >= 4 is 0 Å². The highest BCUT2D eigenvalue weighted by molar-refractivity contribution is 4.96. The molecule has 0 aliphatic heterocycles. The molecular weight excluding hydrogens is 258 g/mol. The third-order valence-corrected chi connectivity index (χ3v) is 4.30. The molecule has 1 aromatic heterocycles. The van der Waals surface area contributed by atoms with Crippen molar-refractivity contribution in [1.29, 1.82) is 0 Å². The second-order valence-electron chi connectivity index (χ2n) is 6.24. The van der Waals surface area contributed by atoms with Crippen LogP contribution in [0.5, 0.6) is 0 Å². The lowest BCUT2D eigenvalue weighted by molar-refractivity contribution is 0.445. The summed E-state index contributed by atoms with van der Waals surface area (Å²) >= 11 is 0. The van der Waals surface area contributed by atoms with Crippen LogP contribution in [0.3, 0.4) is 0 Å². The number of hydrogen-bond donors (Lipinski definition) is 0. The summed E-state index contributed by atoms with van der Waals surface area (Å²) in [6.07, 6.45) is 16.1. The van der Waals surface area contributed by atoms with Crippen LogP contribution in [0.25, 0.3) is 0 Å². The fourth-order valence-electron chi connectivity index (χ4n) is 2.93. The number of aryl methyl sites for hydroxylation is 1. The van der Waals surface area contributed by atoms with Crippen LogP contribution in [0.2, 0.25) is 0 Å². The summed E-state index contributed by atoms with van der Waals surface area (Å²) < 4.78 is 2.17. The van der Waals surface area contributed by atoms with Crippen LogP contribution in [0.1, 0.15) is 103 Å². The predicted octanol–water partition coefficient (Wildman–Crippen LogP) is 5.71. The van der Waals surface area contributed by atoms with E-state index in [1.54, 1.807) is 6.33 Å². The molecule has 0 amide bonds. The summed E-state index contributed by atoms with van der Waals surface area (Å²) in [6.45, 7) is 7.82. The first-order valence-corrected chi connectivity index (χ1v) is 9.21. The molecular formula is C18H35N3. The van der Waals surface area contributed by atoms with E-state index in [2.05, 4.69) is 35.5 Å². The maximum Gasteiger partial charge on any atom is 0.138 e. The van der Waals surface area contributed by atoms with E-state index in [-0.39, 0.29) is 0 Å². The number of nitrogens with zero attached hydrogens (tertiary/aromatic N) is 3. The largest absolute Gasteiger partial charge is 0.250 e. The zero-order valence-electron chi connectivity index (χ0n) is 14.5. The van der Waals surface area contributed by atoms with Crippen molar-refractivity contribution in [2.75, 3.05) is 0 Å². The average Bonchev–Trinajstić information content (AvgIpc) is 2.96. The lowest BCUT2D eigenvalue weighted by Crippen LogP contribution is -2.11. The Morgan fingerprint density at radius 2 is 1.48 bits per heavy atom. The van der Waals surface area contributed by atoms with Gasteiger partial charge in [-0.1, -0.05) is 72.1 Å². The van der Waals surface area contributed by atoms with Gasteiger partial charge in [-0.25, -0.2) is 9.67 Å². The summed E-state index contributed by atoms with van der Waals surface area (Å²) in [7, 11) is 0. The smallest absolute Gasteiger partial charge is 0.138 e. The van der Waals surface area contributed by atoms with E-state index in [0.29, 0.717) is 5.92 Å². The van der Waals surface area contributed by atoms with E-state index in [1.165, 1.54) is 76.5 Å². The van der Waals surface area contributed by atoms with E-state index in [0.717, 1.165) is 6.54 Å². The fraction of sp³-hybridized carbons (Fsp3) is 0.889. The summed E-state index contributed by atoms with van der Waals surface area (Å²) in [5.74, 6) is 1.86. The van der Waals surface area contributed by atoms with Crippen LogP contribution >= 0.6 is 0 Å². The monoisotopic (exact) mass is 293 g/mol. The Bertz CT molecular complexity index is 346. The summed E-state index contributed by atoms with van der Waals surface area (Å²) in [5.41, 5.74) is 0. The SMILES string of the molecule is CCCCCCC(CCCCC)c1ncnn1CCCC. The molecule has 0 aliphatic carbocycles. The van der Waals surface area contributed by atoms with Crippen LogP contribution < -0.4 is 0 Å². The van der Waals surface area contributed by atoms with Gasteiger partial charge < -0.3 is 0 Å². The third-order valence-electron chi connectivity index (χ3n) is 4.30. The van der Waals surface area contributed by atoms with Gasteiger partial charge in [0.25, 0.3) is 0 Å². The Balaban J connectivity index is 2.58. The van der Waals surface area contributed by atoms with Crippen molar-refractivity contribution in [3.8, 4) is 0 Å². The van der Waals surface area contributed by atoms with E-state index in [9.17, 15) is 0 Å². The minimum Gasteiger partial charge on any atom is -0.250 e. The first kappa shape index (κ1) is 18.2. The molecule has 0 N–H and O–H groups in total. The number of rotatable bonds is 13. The van der Waals surface area contributed by atoms with Gasteiger partial charge in [0.2, 0.25) is 0 Å². The van der Waals surface area contributed by atoms with E-state index in [4.69, 9.17) is 0 Å². The van der Waals surface area contributed by atoms with Gasteiger partial charge in [0.1, 0.15) is 12.2 Å². The first-order chi connectivity index (χ1) is 10.3. The quantitative estimate of drug-likeness (QED) is 0.436. The third kappa shape index (κ3) is 7.10. The number of aromatic nitrogens is 3. The van der Waals surface area contributed by atoms with Gasteiger partial charge in [0.05, 0.1) is 0 Å². The van der Waals surface area contributed by atoms with Gasteiger partial charge in [-0.15, -0.1) is 0 Å². The second-order valence-corrected chi connectivity index (χ2v) is 6.24. The molecule has 0 radical (unpaired) electrons. The van der Waals surface area contributed by atoms with Crippen molar-refractivity contribution in [3.63, 3.8) is 0 Å². The summed E-state index contributed by atoms with van der Waals surface area (Å²) in [4.78, 5) is 4.60. The molecule has 122 valence electrons. The lowest BCUT2D eigenvalue weighted by Gasteiger charge is -2.17. The van der Waals surface area contributed by atoms with Crippen LogP contribution in [0.15, 0.2) is 6.33 Å². The van der Waals surface area contributed by atoms with Gasteiger partial charge >= 0.3 is 0 Å². The average molecular weight is 293 g/mol. The van der Waals surface area contributed by atoms with Crippen LogP contribution in [0.4, 0.5) is 0 Å². The first-order valence-electron chi connectivity index (χ1n) is 9.21. The zero-order valence-corrected chi connectivity index (χ0v) is 14.5. The number of hydrogen-bond acceptors (Lipinski definition) is 2. The highest BCUT2D eigenvalue weighted by atomic mass is 15.3. The Labute approximate surface area is 131 Å². The molecule has 1 rings (SSSR count). The predicted molar refractivity (Wildman–Crippen MR) is 90.6 cm³/mol. The van der Waals surface area contributed by atoms with Crippen molar-refractivity contribution in [3.05, 3.63) is 12.2 Å². The minimum atomic E-state index is 0.618. The van der Waals surface area contributed by atoms with Gasteiger partial charge in [0.15, 0.2) is 0 Å². The van der Waals surface area contributed by atoms with Gasteiger partial charge in [-0.2, -0.15) is 5.10 Å². The normalized spacial score (nSPS) is 12.7. The Morgan fingerprint density at radius 1 is 0.857 bits per heavy atom. The molecule has 0 aliphatic rings. The van der Waals surface area contributed by atoms with E-state index >= 15 is 0 Å². The van der Waals surface area contributed by atoms with Crippen molar-refractivity contribution in [2.45, 2.75) is 104 Å². The fourth-order valence-corrected chi connectivity index (χ4v) is 2.93. The van der Waals surface area contributed by atoms with E-state index in [1.807, 2.05) is 0 Å².